The number of carbonyl (C=O) groups excluding carboxylic acids is 1. The minimum absolute atomic E-state index is 0.0475. The predicted octanol–water partition coefficient (Wildman–Crippen LogP) is 4.35. The Balaban J connectivity index is 1.20. The maximum absolute atomic E-state index is 14.0. The Bertz CT molecular complexity index is 1070. The van der Waals surface area contributed by atoms with Crippen molar-refractivity contribution in [1.82, 2.24) is 4.90 Å². The minimum Gasteiger partial charge on any atom is -0.367 e. The zero-order valence-corrected chi connectivity index (χ0v) is 17.5. The van der Waals surface area contributed by atoms with Crippen LogP contribution in [0.1, 0.15) is 21.5 Å². The lowest BCUT2D eigenvalue weighted by Crippen LogP contribution is -2.49. The van der Waals surface area contributed by atoms with Crippen LogP contribution < -0.4 is 9.80 Å². The lowest BCUT2D eigenvalue weighted by atomic mass is 10.1. The second-order valence-electron chi connectivity index (χ2n) is 8.23. The monoisotopic (exact) mass is 415 g/mol. The van der Waals surface area contributed by atoms with Crippen LogP contribution in [-0.2, 0) is 13.0 Å². The van der Waals surface area contributed by atoms with Crippen LogP contribution in [0.25, 0.3) is 0 Å². The number of hydrogen-bond acceptors (Lipinski definition) is 3. The quantitative estimate of drug-likeness (QED) is 0.634. The second-order valence-corrected chi connectivity index (χ2v) is 8.23. The molecule has 1 saturated heterocycles. The molecule has 4 nitrogen and oxygen atoms in total. The number of para-hydroxylation sites is 2. The van der Waals surface area contributed by atoms with Crippen molar-refractivity contribution >= 4 is 17.3 Å². The molecular formula is C26H26FN3O. The van der Waals surface area contributed by atoms with Gasteiger partial charge in [0, 0.05) is 50.5 Å². The van der Waals surface area contributed by atoms with Crippen LogP contribution in [0.5, 0.6) is 0 Å². The number of halogens is 1. The van der Waals surface area contributed by atoms with Gasteiger partial charge in [0.15, 0.2) is 0 Å². The van der Waals surface area contributed by atoms with Crippen LogP contribution >= 0.6 is 0 Å². The highest BCUT2D eigenvalue weighted by Crippen LogP contribution is 2.29. The first kappa shape index (κ1) is 19.6. The van der Waals surface area contributed by atoms with Crippen molar-refractivity contribution in [2.24, 2.45) is 0 Å². The molecule has 0 atom stereocenters. The Kier molecular flexibility index (Phi) is 5.33. The number of piperazine rings is 1. The van der Waals surface area contributed by atoms with Gasteiger partial charge in [-0.1, -0.05) is 42.5 Å². The van der Waals surface area contributed by atoms with Crippen molar-refractivity contribution in [1.29, 1.82) is 0 Å². The summed E-state index contributed by atoms with van der Waals surface area (Å²) in [6, 6.07) is 23.4. The summed E-state index contributed by atoms with van der Waals surface area (Å²) in [6.07, 6.45) is 1.09. The average Bonchev–Trinajstić information content (AvgIpc) is 3.22. The van der Waals surface area contributed by atoms with Gasteiger partial charge in [-0.05, 0) is 47.9 Å². The number of benzene rings is 3. The van der Waals surface area contributed by atoms with E-state index in [1.807, 2.05) is 28.0 Å². The van der Waals surface area contributed by atoms with Crippen molar-refractivity contribution < 1.29 is 9.18 Å². The number of amides is 1. The standard InChI is InChI=1S/C26H26FN3O/c27-23-6-2-4-8-25(23)28-15-17-29(18-16-28)26(31)22-11-9-20(10-12-22)19-30-14-13-21-5-1-3-7-24(21)30/h1-12H,13-19H2. The molecule has 1 fully saturated rings. The number of hydrogen-bond donors (Lipinski definition) is 0. The van der Waals surface area contributed by atoms with Gasteiger partial charge < -0.3 is 14.7 Å². The summed E-state index contributed by atoms with van der Waals surface area (Å²) in [7, 11) is 0. The van der Waals surface area contributed by atoms with Gasteiger partial charge in [0.1, 0.15) is 5.82 Å². The van der Waals surface area contributed by atoms with Gasteiger partial charge in [-0.25, -0.2) is 4.39 Å². The van der Waals surface area contributed by atoms with E-state index in [1.165, 1.54) is 22.9 Å². The molecule has 31 heavy (non-hydrogen) atoms. The zero-order chi connectivity index (χ0) is 21.2. The van der Waals surface area contributed by atoms with Crippen LogP contribution in [0.4, 0.5) is 15.8 Å². The molecule has 158 valence electrons. The molecule has 0 aromatic heterocycles. The van der Waals surface area contributed by atoms with Gasteiger partial charge in [-0.2, -0.15) is 0 Å². The number of anilines is 2. The van der Waals surface area contributed by atoms with E-state index in [1.54, 1.807) is 12.1 Å². The molecule has 3 aromatic carbocycles. The highest BCUT2D eigenvalue weighted by molar-refractivity contribution is 5.94. The van der Waals surface area contributed by atoms with Crippen molar-refractivity contribution in [2.75, 3.05) is 42.5 Å². The number of carbonyl (C=O) groups is 1. The van der Waals surface area contributed by atoms with Crippen LogP contribution in [0, 0.1) is 5.82 Å². The second kappa shape index (κ2) is 8.42. The van der Waals surface area contributed by atoms with Crippen LogP contribution in [0.3, 0.4) is 0 Å². The molecule has 2 heterocycles. The van der Waals surface area contributed by atoms with E-state index in [4.69, 9.17) is 0 Å². The molecule has 0 spiro atoms. The fraction of sp³-hybridized carbons (Fsp3) is 0.269. The van der Waals surface area contributed by atoms with Gasteiger partial charge >= 0.3 is 0 Å². The lowest BCUT2D eigenvalue weighted by Gasteiger charge is -2.36. The van der Waals surface area contributed by atoms with Crippen molar-refractivity contribution in [3.05, 3.63) is 95.3 Å². The van der Waals surface area contributed by atoms with Gasteiger partial charge in [0.05, 0.1) is 5.69 Å². The third-order valence-electron chi connectivity index (χ3n) is 6.32. The SMILES string of the molecule is O=C(c1ccc(CN2CCc3ccccc32)cc1)N1CCN(c2ccccc2F)CC1. The first-order chi connectivity index (χ1) is 15.2. The zero-order valence-electron chi connectivity index (χ0n) is 17.5. The normalized spacial score (nSPS) is 15.8. The van der Waals surface area contributed by atoms with Crippen molar-refractivity contribution in [3.63, 3.8) is 0 Å². The number of rotatable bonds is 4. The Morgan fingerprint density at radius 1 is 0.774 bits per heavy atom. The summed E-state index contributed by atoms with van der Waals surface area (Å²) >= 11 is 0. The molecule has 0 N–H and O–H groups in total. The molecule has 2 aliphatic heterocycles. The van der Waals surface area contributed by atoms with E-state index < -0.39 is 0 Å². The molecule has 0 radical (unpaired) electrons. The largest absolute Gasteiger partial charge is 0.367 e. The van der Waals surface area contributed by atoms with E-state index >= 15 is 0 Å². The van der Waals surface area contributed by atoms with Crippen LogP contribution in [0.2, 0.25) is 0 Å². The van der Waals surface area contributed by atoms with Gasteiger partial charge in [-0.15, -0.1) is 0 Å². The first-order valence-electron chi connectivity index (χ1n) is 10.9. The van der Waals surface area contributed by atoms with Crippen molar-refractivity contribution in [2.45, 2.75) is 13.0 Å². The maximum atomic E-state index is 14.0. The molecule has 2 aliphatic rings. The Hall–Kier alpha value is -3.34. The molecule has 5 heteroatoms. The summed E-state index contributed by atoms with van der Waals surface area (Å²) in [5, 5.41) is 0. The summed E-state index contributed by atoms with van der Waals surface area (Å²) in [5.41, 5.74) is 5.25. The minimum atomic E-state index is -0.210. The molecule has 5 rings (SSSR count). The molecule has 0 aliphatic carbocycles. The molecule has 0 unspecified atom stereocenters. The topological polar surface area (TPSA) is 26.8 Å². The van der Waals surface area contributed by atoms with Gasteiger partial charge in [0.2, 0.25) is 0 Å². The van der Waals surface area contributed by atoms with E-state index in [2.05, 4.69) is 41.3 Å². The fourth-order valence-corrected chi connectivity index (χ4v) is 4.59. The smallest absolute Gasteiger partial charge is 0.253 e. The lowest BCUT2D eigenvalue weighted by molar-refractivity contribution is 0.0746. The third kappa shape index (κ3) is 4.00. The summed E-state index contributed by atoms with van der Waals surface area (Å²) in [4.78, 5) is 19.2. The van der Waals surface area contributed by atoms with E-state index in [9.17, 15) is 9.18 Å². The molecular weight excluding hydrogens is 389 g/mol. The maximum Gasteiger partial charge on any atom is 0.253 e. The number of nitrogens with zero attached hydrogens (tertiary/aromatic N) is 3. The van der Waals surface area contributed by atoms with Crippen molar-refractivity contribution in [3.8, 4) is 0 Å². The predicted molar refractivity (Wildman–Crippen MR) is 122 cm³/mol. The highest BCUT2D eigenvalue weighted by Gasteiger charge is 2.24. The summed E-state index contributed by atoms with van der Waals surface area (Å²) in [6.45, 7) is 4.36. The van der Waals surface area contributed by atoms with E-state index in [0.29, 0.717) is 37.4 Å². The van der Waals surface area contributed by atoms with E-state index in [0.717, 1.165) is 19.5 Å². The number of fused-ring (bicyclic) bond motifs is 1. The fourth-order valence-electron chi connectivity index (χ4n) is 4.59. The summed E-state index contributed by atoms with van der Waals surface area (Å²) < 4.78 is 14.0. The van der Waals surface area contributed by atoms with Gasteiger partial charge in [0.25, 0.3) is 5.91 Å². The Morgan fingerprint density at radius 2 is 1.45 bits per heavy atom. The Labute approximate surface area is 182 Å². The Morgan fingerprint density at radius 3 is 2.19 bits per heavy atom. The average molecular weight is 416 g/mol. The van der Waals surface area contributed by atoms with Gasteiger partial charge in [-0.3, -0.25) is 4.79 Å². The van der Waals surface area contributed by atoms with Crippen LogP contribution in [-0.4, -0.2) is 43.5 Å². The molecule has 0 saturated carbocycles. The molecule has 1 amide bonds. The van der Waals surface area contributed by atoms with Crippen LogP contribution in [0.15, 0.2) is 72.8 Å². The highest BCUT2D eigenvalue weighted by atomic mass is 19.1. The first-order valence-corrected chi connectivity index (χ1v) is 10.9. The van der Waals surface area contributed by atoms with E-state index in [-0.39, 0.29) is 11.7 Å². The summed E-state index contributed by atoms with van der Waals surface area (Å²) in [5.74, 6) is -0.162. The molecule has 0 bridgehead atoms. The molecule has 3 aromatic rings. The third-order valence-corrected chi connectivity index (χ3v) is 6.32.